The van der Waals surface area contributed by atoms with Gasteiger partial charge in [0, 0.05) is 19.3 Å². The lowest BCUT2D eigenvalue weighted by molar-refractivity contribution is -0.167. The fourth-order valence-corrected chi connectivity index (χ4v) is 10.0. The number of ether oxygens (including phenoxy) is 3. The molecule has 0 fully saturated rings. The van der Waals surface area contributed by atoms with Crippen LogP contribution in [0.5, 0.6) is 0 Å². The first-order valence-corrected chi connectivity index (χ1v) is 32.8. The summed E-state index contributed by atoms with van der Waals surface area (Å²) in [5.74, 6) is -0.854. The molecule has 0 aliphatic heterocycles. The summed E-state index contributed by atoms with van der Waals surface area (Å²) in [5, 5.41) is 0. The summed E-state index contributed by atoms with van der Waals surface area (Å²) in [6.07, 6.45) is 74.7. The second-order valence-corrected chi connectivity index (χ2v) is 22.4. The first-order chi connectivity index (χ1) is 36.0. The van der Waals surface area contributed by atoms with Gasteiger partial charge in [-0.05, 0) is 51.4 Å². The van der Waals surface area contributed by atoms with E-state index in [0.29, 0.717) is 19.3 Å². The first kappa shape index (κ1) is 70.9. The van der Waals surface area contributed by atoms with E-state index in [1.165, 1.54) is 250 Å². The summed E-state index contributed by atoms with van der Waals surface area (Å²) in [6, 6.07) is 0. The maximum atomic E-state index is 12.9. The molecule has 0 amide bonds. The molecule has 6 nitrogen and oxygen atoms in total. The number of hydrogen-bond acceptors (Lipinski definition) is 6. The fraction of sp³-hybridized carbons (Fsp3) is 0.896. The van der Waals surface area contributed by atoms with E-state index in [9.17, 15) is 14.4 Å². The Morgan fingerprint density at radius 3 is 0.781 bits per heavy atom. The Labute approximate surface area is 455 Å². The van der Waals surface area contributed by atoms with E-state index in [1.54, 1.807) is 0 Å². The maximum absolute atomic E-state index is 12.9. The largest absolute Gasteiger partial charge is 0.462 e. The quantitative estimate of drug-likeness (QED) is 0.0261. The smallest absolute Gasteiger partial charge is 0.306 e. The van der Waals surface area contributed by atoms with Gasteiger partial charge in [0.1, 0.15) is 13.2 Å². The summed E-state index contributed by atoms with van der Waals surface area (Å²) in [5.41, 5.74) is 0. The molecule has 0 bridgehead atoms. The summed E-state index contributed by atoms with van der Waals surface area (Å²) in [7, 11) is 0. The zero-order chi connectivity index (χ0) is 52.9. The molecule has 0 spiro atoms. The molecule has 0 heterocycles. The number of carbonyl (C=O) groups excluding carboxylic acids is 3. The van der Waals surface area contributed by atoms with E-state index in [4.69, 9.17) is 14.2 Å². The van der Waals surface area contributed by atoms with Gasteiger partial charge in [-0.15, -0.1) is 0 Å². The minimum absolute atomic E-state index is 0.0695. The van der Waals surface area contributed by atoms with Crippen LogP contribution in [0.3, 0.4) is 0 Å². The van der Waals surface area contributed by atoms with Crippen molar-refractivity contribution in [2.24, 2.45) is 0 Å². The molecule has 0 saturated heterocycles. The Morgan fingerprint density at radius 2 is 0.493 bits per heavy atom. The number of carbonyl (C=O) groups is 3. The minimum Gasteiger partial charge on any atom is -0.462 e. The van der Waals surface area contributed by atoms with Gasteiger partial charge < -0.3 is 14.2 Å². The van der Waals surface area contributed by atoms with Crippen LogP contribution < -0.4 is 0 Å². The SMILES string of the molecule is CCCCC/C=C\C/C=C\CCCCCCCC(=O)OC[C@H](COC(=O)CCCCCCCCCCCCCCCCCCCCCCC)OC(=O)CCCCCCCCCCCCCCCCCCCCC. The average molecular weight is 1030 g/mol. The van der Waals surface area contributed by atoms with E-state index >= 15 is 0 Å². The van der Waals surface area contributed by atoms with Crippen LogP contribution in [-0.4, -0.2) is 37.2 Å². The first-order valence-electron chi connectivity index (χ1n) is 32.8. The number of allylic oxidation sites excluding steroid dienone is 4. The zero-order valence-corrected chi connectivity index (χ0v) is 49.4. The summed E-state index contributed by atoms with van der Waals surface area (Å²) in [6.45, 7) is 6.68. The van der Waals surface area contributed by atoms with Gasteiger partial charge in [0.15, 0.2) is 6.10 Å². The molecule has 0 saturated carbocycles. The minimum atomic E-state index is -0.773. The van der Waals surface area contributed by atoms with Gasteiger partial charge in [-0.25, -0.2) is 0 Å². The molecule has 0 rings (SSSR count). The normalized spacial score (nSPS) is 12.1. The van der Waals surface area contributed by atoms with Gasteiger partial charge in [0.05, 0.1) is 0 Å². The third kappa shape index (κ3) is 60.6. The Balaban J connectivity index is 4.29. The highest BCUT2D eigenvalue weighted by molar-refractivity contribution is 5.71. The third-order valence-electron chi connectivity index (χ3n) is 15.0. The van der Waals surface area contributed by atoms with E-state index < -0.39 is 6.10 Å². The molecule has 0 N–H and O–H groups in total. The Hall–Kier alpha value is -2.11. The van der Waals surface area contributed by atoms with Gasteiger partial charge in [0.2, 0.25) is 0 Å². The number of rotatable bonds is 61. The molecule has 1 atom stereocenters. The van der Waals surface area contributed by atoms with Crippen molar-refractivity contribution in [3.05, 3.63) is 24.3 Å². The molecule has 0 aliphatic carbocycles. The van der Waals surface area contributed by atoms with Crippen molar-refractivity contribution in [1.82, 2.24) is 0 Å². The van der Waals surface area contributed by atoms with Crippen molar-refractivity contribution in [1.29, 1.82) is 0 Å². The number of esters is 3. The van der Waals surface area contributed by atoms with Crippen LogP contribution in [0.25, 0.3) is 0 Å². The predicted molar refractivity (Wildman–Crippen MR) is 316 cm³/mol. The lowest BCUT2D eigenvalue weighted by atomic mass is 10.0. The van der Waals surface area contributed by atoms with E-state index in [0.717, 1.165) is 77.0 Å². The van der Waals surface area contributed by atoms with Gasteiger partial charge in [-0.2, -0.15) is 0 Å². The molecule has 0 aromatic heterocycles. The summed E-state index contributed by atoms with van der Waals surface area (Å²) in [4.78, 5) is 38.3. The van der Waals surface area contributed by atoms with E-state index in [1.807, 2.05) is 0 Å². The molecule has 430 valence electrons. The number of unbranched alkanes of at least 4 members (excludes halogenated alkanes) is 46. The highest BCUT2D eigenvalue weighted by atomic mass is 16.6. The van der Waals surface area contributed by atoms with Crippen molar-refractivity contribution in [2.45, 2.75) is 374 Å². The lowest BCUT2D eigenvalue weighted by Crippen LogP contribution is -2.30. The predicted octanol–water partition coefficient (Wildman–Crippen LogP) is 22.2. The molecule has 0 aromatic carbocycles. The molecular weight excluding hydrogens is 901 g/mol. The van der Waals surface area contributed by atoms with Crippen LogP contribution in [0.2, 0.25) is 0 Å². The summed E-state index contributed by atoms with van der Waals surface area (Å²) >= 11 is 0. The molecule has 0 radical (unpaired) electrons. The highest BCUT2D eigenvalue weighted by Crippen LogP contribution is 2.18. The van der Waals surface area contributed by atoms with Crippen molar-refractivity contribution >= 4 is 17.9 Å². The van der Waals surface area contributed by atoms with Crippen LogP contribution in [0.4, 0.5) is 0 Å². The molecular formula is C67H126O6. The monoisotopic (exact) mass is 1030 g/mol. The Morgan fingerprint density at radius 1 is 0.274 bits per heavy atom. The third-order valence-corrected chi connectivity index (χ3v) is 15.0. The fourth-order valence-electron chi connectivity index (χ4n) is 10.0. The maximum Gasteiger partial charge on any atom is 0.306 e. The van der Waals surface area contributed by atoms with Crippen molar-refractivity contribution in [3.8, 4) is 0 Å². The van der Waals surface area contributed by atoms with Crippen LogP contribution in [-0.2, 0) is 28.6 Å². The molecule has 0 aromatic rings. The Kier molecular flexibility index (Phi) is 60.6. The second-order valence-electron chi connectivity index (χ2n) is 22.4. The topological polar surface area (TPSA) is 78.9 Å². The van der Waals surface area contributed by atoms with E-state index in [-0.39, 0.29) is 31.1 Å². The lowest BCUT2D eigenvalue weighted by Gasteiger charge is -2.18. The van der Waals surface area contributed by atoms with Crippen molar-refractivity contribution in [2.75, 3.05) is 13.2 Å². The van der Waals surface area contributed by atoms with Gasteiger partial charge in [0.25, 0.3) is 0 Å². The molecule has 0 aliphatic rings. The molecule has 73 heavy (non-hydrogen) atoms. The van der Waals surface area contributed by atoms with Gasteiger partial charge in [-0.3, -0.25) is 14.4 Å². The highest BCUT2D eigenvalue weighted by Gasteiger charge is 2.19. The van der Waals surface area contributed by atoms with Crippen LogP contribution in [0.1, 0.15) is 367 Å². The summed E-state index contributed by atoms with van der Waals surface area (Å²) < 4.78 is 17.0. The van der Waals surface area contributed by atoms with Crippen LogP contribution >= 0.6 is 0 Å². The van der Waals surface area contributed by atoms with Gasteiger partial charge in [-0.1, -0.05) is 321 Å². The number of hydrogen-bond donors (Lipinski definition) is 0. The van der Waals surface area contributed by atoms with Crippen molar-refractivity contribution < 1.29 is 28.6 Å². The van der Waals surface area contributed by atoms with Gasteiger partial charge >= 0.3 is 17.9 Å². The van der Waals surface area contributed by atoms with E-state index in [2.05, 4.69) is 45.1 Å². The molecule has 0 unspecified atom stereocenters. The second kappa shape index (κ2) is 62.4. The van der Waals surface area contributed by atoms with Crippen molar-refractivity contribution in [3.63, 3.8) is 0 Å². The molecule has 6 heteroatoms. The Bertz CT molecular complexity index is 1180. The average Bonchev–Trinajstić information content (AvgIpc) is 3.39. The van der Waals surface area contributed by atoms with Crippen LogP contribution in [0.15, 0.2) is 24.3 Å². The van der Waals surface area contributed by atoms with Crippen LogP contribution in [0, 0.1) is 0 Å². The standard InChI is InChI=1S/C67H126O6/c1-4-7-10-13-16-19-22-25-28-30-32-33-35-36-39-42-45-48-51-54-57-60-66(69)72-63-64(62-71-65(68)59-56-53-50-47-44-41-38-27-24-21-18-15-12-9-6-3)73-67(70)61-58-55-52-49-46-43-40-37-34-31-29-26-23-20-17-14-11-8-5-2/h18,21,27,38,64H,4-17,19-20,22-26,28-37,39-63H2,1-3H3/b21-18-,38-27-/t64-/m1/s1. The zero-order valence-electron chi connectivity index (χ0n) is 49.4.